The second kappa shape index (κ2) is 5.31. The summed E-state index contributed by atoms with van der Waals surface area (Å²) in [5.41, 5.74) is 1.01. The number of benzene rings is 1. The van der Waals surface area contributed by atoms with Crippen molar-refractivity contribution in [3.8, 4) is 0 Å². The molecule has 0 unspecified atom stereocenters. The van der Waals surface area contributed by atoms with Crippen molar-refractivity contribution < 1.29 is 9.18 Å². The molecule has 1 amide bonds. The number of nitrogens with one attached hydrogen (secondary N) is 3. The molecule has 94 valence electrons. The third-order valence-corrected chi connectivity index (χ3v) is 2.37. The van der Waals surface area contributed by atoms with Crippen LogP contribution < -0.4 is 10.6 Å². The normalized spacial score (nSPS) is 10.1. The van der Waals surface area contributed by atoms with Crippen molar-refractivity contribution in [3.63, 3.8) is 0 Å². The van der Waals surface area contributed by atoms with Crippen LogP contribution in [0.3, 0.4) is 0 Å². The molecule has 1 aromatic carbocycles. The number of para-hydroxylation sites is 1. The minimum absolute atomic E-state index is 0.209. The maximum atomic E-state index is 13.6. The van der Waals surface area contributed by atoms with Crippen molar-refractivity contribution in [3.05, 3.63) is 42.0 Å². The Morgan fingerprint density at radius 2 is 2.33 bits per heavy atom. The highest BCUT2D eigenvalue weighted by Gasteiger charge is 2.14. The van der Waals surface area contributed by atoms with Crippen LogP contribution in [0.25, 0.3) is 0 Å². The van der Waals surface area contributed by atoms with E-state index in [1.54, 1.807) is 12.3 Å². The van der Waals surface area contributed by atoms with Gasteiger partial charge in [-0.3, -0.25) is 9.89 Å². The van der Waals surface area contributed by atoms with Gasteiger partial charge < -0.3 is 10.6 Å². The molecule has 1 aromatic heterocycles. The van der Waals surface area contributed by atoms with Crippen LogP contribution in [-0.2, 0) is 0 Å². The molecule has 5 nitrogen and oxygen atoms in total. The van der Waals surface area contributed by atoms with Gasteiger partial charge in [-0.25, -0.2) is 4.39 Å². The van der Waals surface area contributed by atoms with Crippen LogP contribution in [0.2, 0.25) is 0 Å². The Kier molecular flexibility index (Phi) is 3.57. The van der Waals surface area contributed by atoms with E-state index >= 15 is 0 Å². The van der Waals surface area contributed by atoms with Gasteiger partial charge in [0, 0.05) is 12.7 Å². The van der Waals surface area contributed by atoms with E-state index in [1.807, 2.05) is 6.92 Å². The summed E-state index contributed by atoms with van der Waals surface area (Å²) in [4.78, 5) is 12.0. The first-order valence-corrected chi connectivity index (χ1v) is 5.55. The molecule has 18 heavy (non-hydrogen) atoms. The van der Waals surface area contributed by atoms with E-state index in [1.165, 1.54) is 18.3 Å². The molecule has 0 aliphatic carbocycles. The third kappa shape index (κ3) is 2.48. The Morgan fingerprint density at radius 1 is 1.50 bits per heavy atom. The minimum Gasteiger partial charge on any atom is -0.382 e. The zero-order valence-corrected chi connectivity index (χ0v) is 9.83. The fourth-order valence-corrected chi connectivity index (χ4v) is 1.59. The number of carbonyl (C=O) groups is 1. The molecule has 2 aromatic rings. The first-order valence-electron chi connectivity index (χ1n) is 5.55. The van der Waals surface area contributed by atoms with E-state index in [0.29, 0.717) is 12.2 Å². The highest BCUT2D eigenvalue weighted by molar-refractivity contribution is 6.08. The van der Waals surface area contributed by atoms with Gasteiger partial charge in [-0.2, -0.15) is 5.10 Å². The predicted molar refractivity (Wildman–Crippen MR) is 67.1 cm³/mol. The smallest absolute Gasteiger partial charge is 0.257 e. The average Bonchev–Trinajstić information content (AvgIpc) is 2.84. The van der Waals surface area contributed by atoms with Crippen LogP contribution >= 0.6 is 0 Å². The Morgan fingerprint density at radius 3 is 3.00 bits per heavy atom. The standard InChI is InChI=1S/C12H13FN4O/c1-2-14-11-9(4-3-5-10(11)13)12(18)17-8-6-15-16-7-8/h3-7,14H,2H2,1H3,(H,15,16)(H,17,18). The van der Waals surface area contributed by atoms with Crippen LogP contribution in [-0.4, -0.2) is 22.6 Å². The number of amides is 1. The van der Waals surface area contributed by atoms with E-state index in [0.717, 1.165) is 0 Å². The maximum absolute atomic E-state index is 13.6. The molecule has 1 heterocycles. The predicted octanol–water partition coefficient (Wildman–Crippen LogP) is 2.23. The minimum atomic E-state index is -0.448. The second-order valence-electron chi connectivity index (χ2n) is 3.63. The van der Waals surface area contributed by atoms with Crippen LogP contribution in [0, 0.1) is 5.82 Å². The fourth-order valence-electron chi connectivity index (χ4n) is 1.59. The highest BCUT2D eigenvalue weighted by atomic mass is 19.1. The van der Waals surface area contributed by atoms with E-state index in [4.69, 9.17) is 0 Å². The molecule has 0 radical (unpaired) electrons. The summed E-state index contributed by atoms with van der Waals surface area (Å²) >= 11 is 0. The SMILES string of the molecule is CCNc1c(F)cccc1C(=O)Nc1cn[nH]c1. The van der Waals surface area contributed by atoms with Crippen LogP contribution in [0.5, 0.6) is 0 Å². The zero-order valence-electron chi connectivity index (χ0n) is 9.83. The summed E-state index contributed by atoms with van der Waals surface area (Å²) < 4.78 is 13.6. The largest absolute Gasteiger partial charge is 0.382 e. The summed E-state index contributed by atoms with van der Waals surface area (Å²) in [5, 5.41) is 11.8. The fraction of sp³-hybridized carbons (Fsp3) is 0.167. The average molecular weight is 248 g/mol. The number of aromatic nitrogens is 2. The lowest BCUT2D eigenvalue weighted by Crippen LogP contribution is -2.15. The third-order valence-electron chi connectivity index (χ3n) is 2.37. The number of anilines is 2. The highest BCUT2D eigenvalue weighted by Crippen LogP contribution is 2.20. The van der Waals surface area contributed by atoms with Crippen LogP contribution in [0.4, 0.5) is 15.8 Å². The molecule has 0 aliphatic heterocycles. The number of carbonyl (C=O) groups excluding carboxylic acids is 1. The lowest BCUT2D eigenvalue weighted by atomic mass is 10.1. The van der Waals surface area contributed by atoms with Gasteiger partial charge in [-0.1, -0.05) is 6.07 Å². The molecule has 0 spiro atoms. The van der Waals surface area contributed by atoms with Gasteiger partial charge >= 0.3 is 0 Å². The van der Waals surface area contributed by atoms with Crippen molar-refractivity contribution in [2.75, 3.05) is 17.2 Å². The summed E-state index contributed by atoms with van der Waals surface area (Å²) in [6.45, 7) is 2.37. The van der Waals surface area contributed by atoms with E-state index in [9.17, 15) is 9.18 Å². The number of aromatic amines is 1. The summed E-state index contributed by atoms with van der Waals surface area (Å²) in [7, 11) is 0. The number of rotatable bonds is 4. The lowest BCUT2D eigenvalue weighted by Gasteiger charge is -2.11. The molecule has 0 aliphatic rings. The van der Waals surface area contributed by atoms with E-state index < -0.39 is 5.82 Å². The molecule has 0 saturated heterocycles. The van der Waals surface area contributed by atoms with E-state index in [2.05, 4.69) is 20.8 Å². The monoisotopic (exact) mass is 248 g/mol. The first-order chi connectivity index (χ1) is 8.72. The number of halogens is 1. The Balaban J connectivity index is 2.26. The molecular weight excluding hydrogens is 235 g/mol. The summed E-state index contributed by atoms with van der Waals surface area (Å²) in [5.74, 6) is -0.830. The molecule has 0 saturated carbocycles. The number of H-pyrrole nitrogens is 1. The number of nitrogens with zero attached hydrogens (tertiary/aromatic N) is 1. The molecular formula is C12H13FN4O. The first kappa shape index (κ1) is 12.1. The van der Waals surface area contributed by atoms with Gasteiger partial charge in [0.05, 0.1) is 23.1 Å². The van der Waals surface area contributed by atoms with Gasteiger partial charge in [0.25, 0.3) is 5.91 Å². The zero-order chi connectivity index (χ0) is 13.0. The van der Waals surface area contributed by atoms with Crippen molar-refractivity contribution in [1.29, 1.82) is 0 Å². The van der Waals surface area contributed by atoms with Crippen molar-refractivity contribution in [2.45, 2.75) is 6.92 Å². The Bertz CT molecular complexity index is 539. The van der Waals surface area contributed by atoms with Crippen molar-refractivity contribution in [1.82, 2.24) is 10.2 Å². The topological polar surface area (TPSA) is 69.8 Å². The van der Waals surface area contributed by atoms with Gasteiger partial charge in [-0.15, -0.1) is 0 Å². The summed E-state index contributed by atoms with van der Waals surface area (Å²) in [6, 6.07) is 4.38. The molecule has 6 heteroatoms. The maximum Gasteiger partial charge on any atom is 0.257 e. The molecule has 0 atom stereocenters. The van der Waals surface area contributed by atoms with Gasteiger partial charge in [0.1, 0.15) is 5.82 Å². The number of hydrogen-bond donors (Lipinski definition) is 3. The Hall–Kier alpha value is -2.37. The summed E-state index contributed by atoms with van der Waals surface area (Å²) in [6.07, 6.45) is 3.02. The van der Waals surface area contributed by atoms with Crippen LogP contribution in [0.15, 0.2) is 30.6 Å². The van der Waals surface area contributed by atoms with Crippen molar-refractivity contribution >= 4 is 17.3 Å². The second-order valence-corrected chi connectivity index (χ2v) is 3.63. The molecule has 3 N–H and O–H groups in total. The lowest BCUT2D eigenvalue weighted by molar-refractivity contribution is 0.102. The Labute approximate surface area is 103 Å². The molecule has 0 bridgehead atoms. The van der Waals surface area contributed by atoms with E-state index in [-0.39, 0.29) is 17.2 Å². The number of hydrogen-bond acceptors (Lipinski definition) is 3. The van der Waals surface area contributed by atoms with Crippen LogP contribution in [0.1, 0.15) is 17.3 Å². The quantitative estimate of drug-likeness (QED) is 0.777. The van der Waals surface area contributed by atoms with Crippen molar-refractivity contribution in [2.24, 2.45) is 0 Å². The van der Waals surface area contributed by atoms with Gasteiger partial charge in [0.15, 0.2) is 0 Å². The van der Waals surface area contributed by atoms with Gasteiger partial charge in [-0.05, 0) is 19.1 Å². The molecule has 2 rings (SSSR count). The molecule has 0 fully saturated rings. The van der Waals surface area contributed by atoms with Gasteiger partial charge in [0.2, 0.25) is 0 Å².